The average molecular weight is 442 g/mol. The summed E-state index contributed by atoms with van der Waals surface area (Å²) >= 11 is 5.91. The zero-order valence-electron chi connectivity index (χ0n) is 17.6. The van der Waals surface area contributed by atoms with E-state index in [1.165, 1.54) is 0 Å². The number of hydrogen-bond acceptors (Lipinski definition) is 4. The van der Waals surface area contributed by atoms with Gasteiger partial charge in [-0.2, -0.15) is 0 Å². The maximum absolute atomic E-state index is 13.2. The molecule has 0 N–H and O–H groups in total. The standard InChI is InChI=1S/C24H28ClN3O3/c25-17-23(29)28(21-5-2-1-3-6-21)22-7-4-12-27(18-22)24(30)19-8-10-20(11-9-19)26-13-15-31-16-14-26/h1-3,5-6,8-11,22H,4,7,12-18H2. The number of carbonyl (C=O) groups is 2. The summed E-state index contributed by atoms with van der Waals surface area (Å²) in [4.78, 5) is 31.7. The van der Waals surface area contributed by atoms with Gasteiger partial charge in [0.2, 0.25) is 5.91 Å². The van der Waals surface area contributed by atoms with Crippen LogP contribution in [0.15, 0.2) is 54.6 Å². The van der Waals surface area contributed by atoms with E-state index in [2.05, 4.69) is 4.90 Å². The van der Waals surface area contributed by atoms with Gasteiger partial charge in [-0.25, -0.2) is 0 Å². The summed E-state index contributed by atoms with van der Waals surface area (Å²) in [6.45, 7) is 4.39. The Morgan fingerprint density at radius 1 is 1.00 bits per heavy atom. The van der Waals surface area contributed by atoms with Crippen molar-refractivity contribution >= 4 is 34.8 Å². The molecular formula is C24H28ClN3O3. The van der Waals surface area contributed by atoms with Crippen LogP contribution in [-0.2, 0) is 9.53 Å². The highest BCUT2D eigenvalue weighted by molar-refractivity contribution is 6.29. The smallest absolute Gasteiger partial charge is 0.253 e. The molecule has 4 rings (SSSR count). The van der Waals surface area contributed by atoms with Gasteiger partial charge in [-0.15, -0.1) is 11.6 Å². The molecule has 2 aromatic carbocycles. The van der Waals surface area contributed by atoms with E-state index < -0.39 is 0 Å². The van der Waals surface area contributed by atoms with Gasteiger partial charge in [0.25, 0.3) is 5.91 Å². The summed E-state index contributed by atoms with van der Waals surface area (Å²) in [6, 6.07) is 17.3. The van der Waals surface area contributed by atoms with Crippen LogP contribution in [0.25, 0.3) is 0 Å². The molecule has 0 spiro atoms. The number of alkyl halides is 1. The van der Waals surface area contributed by atoms with Crippen molar-refractivity contribution in [2.24, 2.45) is 0 Å². The van der Waals surface area contributed by atoms with Crippen molar-refractivity contribution < 1.29 is 14.3 Å². The molecule has 0 aromatic heterocycles. The summed E-state index contributed by atoms with van der Waals surface area (Å²) < 4.78 is 5.41. The third-order valence-electron chi connectivity index (χ3n) is 5.96. The van der Waals surface area contributed by atoms with Gasteiger partial charge < -0.3 is 19.4 Å². The lowest BCUT2D eigenvalue weighted by molar-refractivity contribution is -0.117. The largest absolute Gasteiger partial charge is 0.378 e. The van der Waals surface area contributed by atoms with E-state index in [-0.39, 0.29) is 23.7 Å². The fraction of sp³-hybridized carbons (Fsp3) is 0.417. The summed E-state index contributed by atoms with van der Waals surface area (Å²) in [5, 5.41) is 0. The van der Waals surface area contributed by atoms with Gasteiger partial charge in [0.1, 0.15) is 5.88 Å². The predicted octanol–water partition coefficient (Wildman–Crippen LogP) is 3.40. The number of benzene rings is 2. The molecule has 0 bridgehead atoms. The van der Waals surface area contributed by atoms with Gasteiger partial charge in [0.05, 0.1) is 19.3 Å². The average Bonchev–Trinajstić information content (AvgIpc) is 2.85. The lowest BCUT2D eigenvalue weighted by Gasteiger charge is -2.39. The van der Waals surface area contributed by atoms with Gasteiger partial charge >= 0.3 is 0 Å². The quantitative estimate of drug-likeness (QED) is 0.667. The van der Waals surface area contributed by atoms with Crippen molar-refractivity contribution in [3.8, 4) is 0 Å². The number of nitrogens with zero attached hydrogens (tertiary/aromatic N) is 3. The van der Waals surface area contributed by atoms with Crippen molar-refractivity contribution in [2.75, 3.05) is 55.1 Å². The number of amides is 2. The third kappa shape index (κ3) is 5.02. The van der Waals surface area contributed by atoms with E-state index in [4.69, 9.17) is 16.3 Å². The molecule has 1 atom stereocenters. The molecule has 31 heavy (non-hydrogen) atoms. The van der Waals surface area contributed by atoms with Gasteiger partial charge in [0.15, 0.2) is 0 Å². The Morgan fingerprint density at radius 3 is 2.39 bits per heavy atom. The van der Waals surface area contributed by atoms with Crippen molar-refractivity contribution in [3.05, 3.63) is 60.2 Å². The van der Waals surface area contributed by atoms with Crippen LogP contribution in [0.2, 0.25) is 0 Å². The van der Waals surface area contributed by atoms with Gasteiger partial charge in [-0.1, -0.05) is 18.2 Å². The lowest BCUT2D eigenvalue weighted by Crippen LogP contribution is -2.52. The van der Waals surface area contributed by atoms with Gasteiger partial charge in [0, 0.05) is 43.1 Å². The zero-order valence-corrected chi connectivity index (χ0v) is 18.3. The van der Waals surface area contributed by atoms with E-state index in [1.54, 1.807) is 4.90 Å². The summed E-state index contributed by atoms with van der Waals surface area (Å²) in [5.41, 5.74) is 2.61. The topological polar surface area (TPSA) is 53.1 Å². The maximum Gasteiger partial charge on any atom is 0.253 e. The Morgan fingerprint density at radius 2 is 1.71 bits per heavy atom. The van der Waals surface area contributed by atoms with Crippen LogP contribution in [0.4, 0.5) is 11.4 Å². The number of para-hydroxylation sites is 1. The van der Waals surface area contributed by atoms with E-state index in [0.717, 1.165) is 50.5 Å². The SMILES string of the molecule is O=C(c1ccc(N2CCOCC2)cc1)N1CCCC(N(C(=O)CCl)c2ccccc2)C1. The first-order chi connectivity index (χ1) is 15.2. The molecule has 2 aliphatic rings. The number of anilines is 2. The van der Waals surface area contributed by atoms with E-state index >= 15 is 0 Å². The Hall–Kier alpha value is -2.57. The molecule has 0 radical (unpaired) electrons. The highest BCUT2D eigenvalue weighted by Gasteiger charge is 2.31. The second-order valence-corrected chi connectivity index (χ2v) is 8.19. The minimum atomic E-state index is -0.137. The molecule has 6 nitrogen and oxygen atoms in total. The number of hydrogen-bond donors (Lipinski definition) is 0. The highest BCUT2D eigenvalue weighted by Crippen LogP contribution is 2.25. The van der Waals surface area contributed by atoms with E-state index in [1.807, 2.05) is 59.5 Å². The molecule has 2 fully saturated rings. The normalized spacial score (nSPS) is 19.2. The Kier molecular flexibility index (Phi) is 7.10. The van der Waals surface area contributed by atoms with Crippen molar-refractivity contribution in [3.63, 3.8) is 0 Å². The van der Waals surface area contributed by atoms with Crippen LogP contribution in [0.3, 0.4) is 0 Å². The Bertz CT molecular complexity index is 885. The molecule has 2 aromatic rings. The molecule has 7 heteroatoms. The number of likely N-dealkylation sites (tertiary alicyclic amines) is 1. The molecule has 2 saturated heterocycles. The molecule has 164 valence electrons. The summed E-state index contributed by atoms with van der Waals surface area (Å²) in [7, 11) is 0. The summed E-state index contributed by atoms with van der Waals surface area (Å²) in [6.07, 6.45) is 1.69. The molecule has 0 aliphatic carbocycles. The first kappa shape index (κ1) is 21.7. The summed E-state index contributed by atoms with van der Waals surface area (Å²) in [5.74, 6) is -0.214. The molecule has 2 amide bonds. The third-order valence-corrected chi connectivity index (χ3v) is 6.19. The van der Waals surface area contributed by atoms with E-state index in [0.29, 0.717) is 18.7 Å². The number of rotatable bonds is 5. The number of carbonyl (C=O) groups excluding carboxylic acids is 2. The number of halogens is 1. The van der Waals surface area contributed by atoms with Crippen molar-refractivity contribution in [1.29, 1.82) is 0 Å². The highest BCUT2D eigenvalue weighted by atomic mass is 35.5. The van der Waals surface area contributed by atoms with E-state index in [9.17, 15) is 9.59 Å². The fourth-order valence-electron chi connectivity index (χ4n) is 4.38. The van der Waals surface area contributed by atoms with Crippen molar-refractivity contribution in [2.45, 2.75) is 18.9 Å². The number of piperidine rings is 1. The Balaban J connectivity index is 1.47. The maximum atomic E-state index is 13.2. The number of morpholine rings is 1. The first-order valence-electron chi connectivity index (χ1n) is 10.8. The first-order valence-corrected chi connectivity index (χ1v) is 11.4. The van der Waals surface area contributed by atoms with Crippen molar-refractivity contribution in [1.82, 2.24) is 4.90 Å². The van der Waals surface area contributed by atoms with Crippen LogP contribution in [0.5, 0.6) is 0 Å². The minimum absolute atomic E-state index is 0.00422. The number of ether oxygens (including phenoxy) is 1. The van der Waals surface area contributed by atoms with Crippen LogP contribution in [-0.4, -0.2) is 68.0 Å². The lowest BCUT2D eigenvalue weighted by atomic mass is 10.0. The second kappa shape index (κ2) is 10.2. The molecule has 2 aliphatic heterocycles. The molecule has 0 saturated carbocycles. The second-order valence-electron chi connectivity index (χ2n) is 7.93. The fourth-order valence-corrected chi connectivity index (χ4v) is 4.51. The monoisotopic (exact) mass is 441 g/mol. The van der Waals surface area contributed by atoms with Gasteiger partial charge in [-0.05, 0) is 49.2 Å². The minimum Gasteiger partial charge on any atom is -0.378 e. The molecule has 1 unspecified atom stereocenters. The molecular weight excluding hydrogens is 414 g/mol. The van der Waals surface area contributed by atoms with Crippen LogP contribution >= 0.6 is 11.6 Å². The van der Waals surface area contributed by atoms with Crippen LogP contribution < -0.4 is 9.80 Å². The zero-order chi connectivity index (χ0) is 21.6. The van der Waals surface area contributed by atoms with Gasteiger partial charge in [-0.3, -0.25) is 9.59 Å². The predicted molar refractivity (Wildman–Crippen MR) is 123 cm³/mol. The van der Waals surface area contributed by atoms with Crippen LogP contribution in [0.1, 0.15) is 23.2 Å². The molecule has 2 heterocycles. The Labute approximate surface area is 188 Å². The van der Waals surface area contributed by atoms with Crippen LogP contribution in [0, 0.1) is 0 Å².